The molecule has 0 aliphatic carbocycles. The zero-order chi connectivity index (χ0) is 11.4. The van der Waals surface area contributed by atoms with Gasteiger partial charge in [0.25, 0.3) is 0 Å². The van der Waals surface area contributed by atoms with Crippen LogP contribution < -0.4 is 0 Å². The van der Waals surface area contributed by atoms with Gasteiger partial charge in [0, 0.05) is 27.8 Å². The number of benzene rings is 2. The highest BCUT2D eigenvalue weighted by molar-refractivity contribution is 7.18. The number of hydrogen-bond acceptors (Lipinski definition) is 3. The van der Waals surface area contributed by atoms with E-state index in [1.807, 2.05) is 13.0 Å². The van der Waals surface area contributed by atoms with Crippen molar-refractivity contribution in [3.8, 4) is 0 Å². The lowest BCUT2D eigenvalue weighted by atomic mass is 10.1. The number of aromatic nitrogens is 1. The summed E-state index contributed by atoms with van der Waals surface area (Å²) in [4.78, 5) is 4.50. The van der Waals surface area contributed by atoms with Crippen LogP contribution in [-0.4, -0.2) is 4.98 Å². The second-order valence-electron chi connectivity index (χ2n) is 4.12. The molecule has 3 heteroatoms. The first-order valence-corrected chi connectivity index (χ1v) is 6.37. The second-order valence-corrected chi connectivity index (χ2v) is 5.04. The first-order chi connectivity index (χ1) is 8.34. The van der Waals surface area contributed by atoms with Gasteiger partial charge >= 0.3 is 0 Å². The maximum absolute atomic E-state index is 5.75. The van der Waals surface area contributed by atoms with Crippen molar-refractivity contribution in [1.29, 1.82) is 0 Å². The summed E-state index contributed by atoms with van der Waals surface area (Å²) >= 11 is 1.76. The number of oxazole rings is 1. The van der Waals surface area contributed by atoms with E-state index < -0.39 is 0 Å². The first kappa shape index (κ1) is 9.19. The molecule has 4 aromatic rings. The molecule has 2 aromatic carbocycles. The van der Waals surface area contributed by atoms with Crippen LogP contribution >= 0.6 is 11.3 Å². The summed E-state index contributed by atoms with van der Waals surface area (Å²) in [5.74, 6) is 0.726. The fraction of sp³-hybridized carbons (Fsp3) is 0.0714. The molecule has 0 N–H and O–H groups in total. The van der Waals surface area contributed by atoms with Gasteiger partial charge in [-0.1, -0.05) is 24.3 Å². The zero-order valence-electron chi connectivity index (χ0n) is 9.23. The van der Waals surface area contributed by atoms with Crippen molar-refractivity contribution in [1.82, 2.24) is 4.98 Å². The van der Waals surface area contributed by atoms with Gasteiger partial charge in [-0.05, 0) is 11.4 Å². The molecule has 0 aliphatic rings. The van der Waals surface area contributed by atoms with E-state index in [0.717, 1.165) is 22.4 Å². The normalized spacial score (nSPS) is 11.8. The minimum Gasteiger partial charge on any atom is -0.440 e. The van der Waals surface area contributed by atoms with Crippen molar-refractivity contribution < 1.29 is 4.42 Å². The Labute approximate surface area is 101 Å². The molecule has 0 saturated heterocycles. The molecule has 0 spiro atoms. The van der Waals surface area contributed by atoms with Crippen molar-refractivity contribution in [2.24, 2.45) is 0 Å². The molecule has 0 radical (unpaired) electrons. The number of nitrogens with zero attached hydrogens (tertiary/aromatic N) is 1. The third-order valence-electron chi connectivity index (χ3n) is 3.07. The monoisotopic (exact) mass is 239 g/mol. The Kier molecular flexibility index (Phi) is 1.66. The van der Waals surface area contributed by atoms with Gasteiger partial charge in [0.05, 0.1) is 0 Å². The van der Waals surface area contributed by atoms with Crippen molar-refractivity contribution in [3.63, 3.8) is 0 Å². The third-order valence-corrected chi connectivity index (χ3v) is 4.02. The summed E-state index contributed by atoms with van der Waals surface area (Å²) in [6.45, 7) is 1.90. The Balaban J connectivity index is 2.47. The van der Waals surface area contributed by atoms with Gasteiger partial charge in [0.15, 0.2) is 11.5 Å². The fourth-order valence-electron chi connectivity index (χ4n) is 2.38. The smallest absolute Gasteiger partial charge is 0.192 e. The summed E-state index contributed by atoms with van der Waals surface area (Å²) < 4.78 is 7.05. The molecule has 0 unspecified atom stereocenters. The molecule has 4 rings (SSSR count). The van der Waals surface area contributed by atoms with Gasteiger partial charge in [-0.2, -0.15) is 0 Å². The van der Waals surface area contributed by atoms with Crippen LogP contribution in [-0.2, 0) is 0 Å². The van der Waals surface area contributed by atoms with Crippen LogP contribution in [0.4, 0.5) is 0 Å². The number of fused-ring (bicyclic) bond motifs is 6. The molecule has 2 heterocycles. The number of thiophene rings is 1. The van der Waals surface area contributed by atoms with Gasteiger partial charge in [0.1, 0.15) is 5.52 Å². The summed E-state index contributed by atoms with van der Waals surface area (Å²) in [5.41, 5.74) is 1.89. The molecule has 0 bridgehead atoms. The minimum atomic E-state index is 0.726. The topological polar surface area (TPSA) is 26.0 Å². The summed E-state index contributed by atoms with van der Waals surface area (Å²) in [6.07, 6.45) is 0. The van der Waals surface area contributed by atoms with E-state index in [4.69, 9.17) is 4.42 Å². The zero-order valence-corrected chi connectivity index (χ0v) is 10.0. The molecule has 0 amide bonds. The maximum atomic E-state index is 5.75. The molecule has 0 aliphatic heterocycles. The van der Waals surface area contributed by atoms with Crippen molar-refractivity contribution in [2.45, 2.75) is 6.92 Å². The molecule has 2 nitrogen and oxygen atoms in total. The van der Waals surface area contributed by atoms with E-state index in [1.54, 1.807) is 11.3 Å². The van der Waals surface area contributed by atoms with E-state index in [-0.39, 0.29) is 0 Å². The van der Waals surface area contributed by atoms with Crippen LogP contribution in [0.15, 0.2) is 40.1 Å². The lowest BCUT2D eigenvalue weighted by Gasteiger charge is -1.99. The van der Waals surface area contributed by atoms with Crippen LogP contribution in [0.1, 0.15) is 5.89 Å². The highest BCUT2D eigenvalue weighted by atomic mass is 32.1. The molecule has 82 valence electrons. The Morgan fingerprint density at radius 3 is 2.76 bits per heavy atom. The molecule has 17 heavy (non-hydrogen) atoms. The van der Waals surface area contributed by atoms with Gasteiger partial charge in [-0.15, -0.1) is 11.3 Å². The maximum Gasteiger partial charge on any atom is 0.192 e. The molecule has 0 atom stereocenters. The average molecular weight is 239 g/mol. The van der Waals surface area contributed by atoms with Gasteiger partial charge in [-0.25, -0.2) is 4.98 Å². The predicted molar refractivity (Wildman–Crippen MR) is 71.6 cm³/mol. The van der Waals surface area contributed by atoms with Crippen molar-refractivity contribution in [2.75, 3.05) is 0 Å². The number of aryl methyl sites for hydroxylation is 1. The average Bonchev–Trinajstić information content (AvgIpc) is 2.94. The Bertz CT molecular complexity index is 856. The fourth-order valence-corrected chi connectivity index (χ4v) is 3.31. The SMILES string of the molecule is Cc1nc2c3ccsc3c3ccccc3c2o1. The number of hydrogen-bond donors (Lipinski definition) is 0. The molecule has 2 aromatic heterocycles. The predicted octanol–water partition coefficient (Wildman–Crippen LogP) is 4.50. The lowest BCUT2D eigenvalue weighted by molar-refractivity contribution is 0.563. The van der Waals surface area contributed by atoms with Gasteiger partial charge in [-0.3, -0.25) is 0 Å². The van der Waals surface area contributed by atoms with Crippen molar-refractivity contribution >= 4 is 43.3 Å². The van der Waals surface area contributed by atoms with Crippen molar-refractivity contribution in [3.05, 3.63) is 41.6 Å². The Morgan fingerprint density at radius 1 is 1.06 bits per heavy atom. The highest BCUT2D eigenvalue weighted by Crippen LogP contribution is 2.37. The minimum absolute atomic E-state index is 0.726. The lowest BCUT2D eigenvalue weighted by Crippen LogP contribution is -1.76. The van der Waals surface area contributed by atoms with Crippen LogP contribution in [0, 0.1) is 6.92 Å². The van der Waals surface area contributed by atoms with E-state index in [0.29, 0.717) is 0 Å². The quantitative estimate of drug-likeness (QED) is 0.451. The standard InChI is InChI=1S/C14H9NOS/c1-8-15-12-11-6-7-17-14(11)10-5-3-2-4-9(10)13(12)16-8/h2-7H,1H3. The second kappa shape index (κ2) is 3.08. The first-order valence-electron chi connectivity index (χ1n) is 5.49. The molecule has 0 fully saturated rings. The largest absolute Gasteiger partial charge is 0.440 e. The summed E-state index contributed by atoms with van der Waals surface area (Å²) in [5, 5.41) is 5.71. The highest BCUT2D eigenvalue weighted by Gasteiger charge is 2.13. The Hall–Kier alpha value is -1.87. The van der Waals surface area contributed by atoms with Gasteiger partial charge < -0.3 is 4.42 Å². The van der Waals surface area contributed by atoms with Gasteiger partial charge in [0.2, 0.25) is 0 Å². The summed E-state index contributed by atoms with van der Waals surface area (Å²) in [6, 6.07) is 10.5. The molecular weight excluding hydrogens is 230 g/mol. The van der Waals surface area contributed by atoms with E-state index in [2.05, 4.69) is 34.6 Å². The van der Waals surface area contributed by atoms with Crippen LogP contribution in [0.5, 0.6) is 0 Å². The van der Waals surface area contributed by atoms with E-state index in [1.165, 1.54) is 15.5 Å². The summed E-state index contributed by atoms with van der Waals surface area (Å²) in [7, 11) is 0. The van der Waals surface area contributed by atoms with Crippen LogP contribution in [0.2, 0.25) is 0 Å². The molecule has 0 saturated carbocycles. The molecular formula is C14H9NOS. The van der Waals surface area contributed by atoms with E-state index in [9.17, 15) is 0 Å². The van der Waals surface area contributed by atoms with Crippen LogP contribution in [0.25, 0.3) is 32.0 Å². The third kappa shape index (κ3) is 1.12. The van der Waals surface area contributed by atoms with E-state index >= 15 is 0 Å². The Morgan fingerprint density at radius 2 is 1.88 bits per heavy atom. The number of rotatable bonds is 0. The van der Waals surface area contributed by atoms with Crippen LogP contribution in [0.3, 0.4) is 0 Å².